The van der Waals surface area contributed by atoms with E-state index in [-0.39, 0.29) is 23.9 Å². The Hall–Kier alpha value is -2.25. The number of amides is 2. The van der Waals surface area contributed by atoms with E-state index in [1.807, 2.05) is 54.6 Å². The molecule has 2 amide bonds. The summed E-state index contributed by atoms with van der Waals surface area (Å²) in [4.78, 5) is 30.6. The molecule has 1 saturated heterocycles. The standard InChI is InChI=1S/C18H22N4O2S/c1-3-16(23)19-13-9-15(22(2)10-13)17(24)21-18-20-14(11-25-18)12-7-5-4-6-8-12/h4-8,11,13,15H,3,9-10H2,1-2H3,(H,19,23)(H,20,21,24). The monoisotopic (exact) mass is 358 g/mol. The van der Waals surface area contributed by atoms with Crippen molar-refractivity contribution in [2.75, 3.05) is 18.9 Å². The molecule has 0 spiro atoms. The number of nitrogens with one attached hydrogen (secondary N) is 2. The first-order valence-electron chi connectivity index (χ1n) is 8.38. The molecule has 2 aromatic rings. The number of aromatic nitrogens is 1. The molecule has 1 aliphatic rings. The highest BCUT2D eigenvalue weighted by molar-refractivity contribution is 7.14. The summed E-state index contributed by atoms with van der Waals surface area (Å²) in [5.41, 5.74) is 1.88. The van der Waals surface area contributed by atoms with E-state index < -0.39 is 0 Å². The van der Waals surface area contributed by atoms with Crippen LogP contribution < -0.4 is 10.6 Å². The van der Waals surface area contributed by atoms with Crippen LogP contribution in [0.25, 0.3) is 11.3 Å². The number of anilines is 1. The average Bonchev–Trinajstić information content (AvgIpc) is 3.22. The maximum atomic E-state index is 12.6. The molecule has 3 rings (SSSR count). The van der Waals surface area contributed by atoms with E-state index in [1.165, 1.54) is 11.3 Å². The summed E-state index contributed by atoms with van der Waals surface area (Å²) >= 11 is 1.42. The minimum Gasteiger partial charge on any atom is -0.352 e. The second kappa shape index (κ2) is 7.76. The lowest BCUT2D eigenvalue weighted by Crippen LogP contribution is -2.37. The van der Waals surface area contributed by atoms with Crippen molar-refractivity contribution < 1.29 is 9.59 Å². The molecule has 1 aromatic heterocycles. The SMILES string of the molecule is CCC(=O)NC1CC(C(=O)Nc2nc(-c3ccccc3)cs2)N(C)C1. The van der Waals surface area contributed by atoms with Crippen LogP contribution in [-0.2, 0) is 9.59 Å². The third-order valence-corrected chi connectivity index (χ3v) is 5.10. The Balaban J connectivity index is 1.61. The number of likely N-dealkylation sites (tertiary alicyclic amines) is 1. The fraction of sp³-hybridized carbons (Fsp3) is 0.389. The fourth-order valence-corrected chi connectivity index (χ4v) is 3.72. The number of nitrogens with zero attached hydrogens (tertiary/aromatic N) is 2. The molecule has 1 fully saturated rings. The Morgan fingerprint density at radius 3 is 2.80 bits per heavy atom. The molecule has 2 N–H and O–H groups in total. The van der Waals surface area contributed by atoms with Crippen LogP contribution in [-0.4, -0.2) is 47.4 Å². The van der Waals surface area contributed by atoms with Gasteiger partial charge in [0, 0.05) is 30.0 Å². The predicted molar refractivity (Wildman–Crippen MR) is 99.4 cm³/mol. The number of hydrogen-bond acceptors (Lipinski definition) is 5. The Morgan fingerprint density at radius 2 is 2.08 bits per heavy atom. The van der Waals surface area contributed by atoms with Crippen molar-refractivity contribution >= 4 is 28.3 Å². The summed E-state index contributed by atoms with van der Waals surface area (Å²) in [7, 11) is 1.90. The molecular formula is C18H22N4O2S. The van der Waals surface area contributed by atoms with E-state index in [0.29, 0.717) is 24.5 Å². The normalized spacial score (nSPS) is 20.4. The second-order valence-electron chi connectivity index (χ2n) is 6.20. The maximum absolute atomic E-state index is 12.6. The average molecular weight is 358 g/mol. The van der Waals surface area contributed by atoms with E-state index in [4.69, 9.17) is 0 Å². The quantitative estimate of drug-likeness (QED) is 0.860. The van der Waals surface area contributed by atoms with Gasteiger partial charge in [-0.15, -0.1) is 11.3 Å². The summed E-state index contributed by atoms with van der Waals surface area (Å²) in [6, 6.07) is 9.63. The Morgan fingerprint density at radius 1 is 1.32 bits per heavy atom. The van der Waals surface area contributed by atoms with Crippen LogP contribution in [0.3, 0.4) is 0 Å². The first-order chi connectivity index (χ1) is 12.1. The minimum absolute atomic E-state index is 0.0179. The highest BCUT2D eigenvalue weighted by Crippen LogP contribution is 2.25. The zero-order valence-corrected chi connectivity index (χ0v) is 15.2. The van der Waals surface area contributed by atoms with Gasteiger partial charge in [-0.3, -0.25) is 14.5 Å². The number of likely N-dealkylation sites (N-methyl/N-ethyl adjacent to an activating group) is 1. The smallest absolute Gasteiger partial charge is 0.243 e. The molecule has 2 heterocycles. The van der Waals surface area contributed by atoms with Crippen molar-refractivity contribution in [2.45, 2.75) is 31.8 Å². The van der Waals surface area contributed by atoms with E-state index >= 15 is 0 Å². The van der Waals surface area contributed by atoms with Crippen molar-refractivity contribution in [1.29, 1.82) is 0 Å². The van der Waals surface area contributed by atoms with Gasteiger partial charge >= 0.3 is 0 Å². The third-order valence-electron chi connectivity index (χ3n) is 4.34. The Kier molecular flexibility index (Phi) is 5.45. The predicted octanol–water partition coefficient (Wildman–Crippen LogP) is 2.35. The number of carbonyl (C=O) groups excluding carboxylic acids is 2. The molecule has 2 unspecified atom stereocenters. The van der Waals surface area contributed by atoms with Crippen molar-refractivity contribution in [3.8, 4) is 11.3 Å². The van der Waals surface area contributed by atoms with E-state index in [0.717, 1.165) is 11.3 Å². The highest BCUT2D eigenvalue weighted by Gasteiger charge is 2.35. The topological polar surface area (TPSA) is 74.3 Å². The van der Waals surface area contributed by atoms with E-state index in [2.05, 4.69) is 15.6 Å². The molecule has 0 radical (unpaired) electrons. The van der Waals surface area contributed by atoms with Gasteiger partial charge in [0.15, 0.2) is 5.13 Å². The zero-order valence-electron chi connectivity index (χ0n) is 14.4. The number of hydrogen-bond donors (Lipinski definition) is 2. The van der Waals surface area contributed by atoms with Crippen LogP contribution in [0.4, 0.5) is 5.13 Å². The van der Waals surface area contributed by atoms with Crippen molar-refractivity contribution in [2.24, 2.45) is 0 Å². The molecule has 1 aliphatic heterocycles. The van der Waals surface area contributed by atoms with Gasteiger partial charge in [0.2, 0.25) is 11.8 Å². The second-order valence-corrected chi connectivity index (χ2v) is 7.06. The zero-order chi connectivity index (χ0) is 17.8. The van der Waals surface area contributed by atoms with E-state index in [1.54, 1.807) is 0 Å². The molecular weight excluding hydrogens is 336 g/mol. The Labute approximate surface area is 151 Å². The summed E-state index contributed by atoms with van der Waals surface area (Å²) in [5, 5.41) is 8.40. The lowest BCUT2D eigenvalue weighted by atomic mass is 10.1. The summed E-state index contributed by atoms with van der Waals surface area (Å²) in [6.07, 6.45) is 1.07. The molecule has 6 nitrogen and oxygen atoms in total. The number of carbonyl (C=O) groups is 2. The van der Waals surface area contributed by atoms with Crippen molar-refractivity contribution in [3.05, 3.63) is 35.7 Å². The van der Waals surface area contributed by atoms with Gasteiger partial charge in [-0.05, 0) is 13.5 Å². The van der Waals surface area contributed by atoms with Crippen LogP contribution in [0.1, 0.15) is 19.8 Å². The highest BCUT2D eigenvalue weighted by atomic mass is 32.1. The molecule has 0 aliphatic carbocycles. The van der Waals surface area contributed by atoms with Crippen LogP contribution >= 0.6 is 11.3 Å². The number of thiazole rings is 1. The largest absolute Gasteiger partial charge is 0.352 e. The fourth-order valence-electron chi connectivity index (χ4n) is 3.00. The van der Waals surface area contributed by atoms with Crippen LogP contribution in [0, 0.1) is 0 Å². The first kappa shape index (κ1) is 17.6. The molecule has 7 heteroatoms. The van der Waals surface area contributed by atoms with Gasteiger partial charge in [-0.1, -0.05) is 37.3 Å². The first-order valence-corrected chi connectivity index (χ1v) is 9.26. The lowest BCUT2D eigenvalue weighted by Gasteiger charge is -2.17. The van der Waals surface area contributed by atoms with Gasteiger partial charge in [-0.25, -0.2) is 4.98 Å². The molecule has 0 bridgehead atoms. The molecule has 1 aromatic carbocycles. The van der Waals surface area contributed by atoms with E-state index in [9.17, 15) is 9.59 Å². The minimum atomic E-state index is -0.258. The van der Waals surface area contributed by atoms with Gasteiger partial charge in [0.05, 0.1) is 11.7 Å². The summed E-state index contributed by atoms with van der Waals surface area (Å²) in [5.74, 6) is -0.0587. The van der Waals surface area contributed by atoms with Gasteiger partial charge in [0.25, 0.3) is 0 Å². The molecule has 132 valence electrons. The van der Waals surface area contributed by atoms with Crippen LogP contribution in [0.5, 0.6) is 0 Å². The van der Waals surface area contributed by atoms with Gasteiger partial charge in [0.1, 0.15) is 0 Å². The number of benzene rings is 1. The Bertz CT molecular complexity index is 747. The van der Waals surface area contributed by atoms with Crippen molar-refractivity contribution in [1.82, 2.24) is 15.2 Å². The number of rotatable bonds is 5. The van der Waals surface area contributed by atoms with Gasteiger partial charge < -0.3 is 10.6 Å². The van der Waals surface area contributed by atoms with Crippen LogP contribution in [0.15, 0.2) is 35.7 Å². The van der Waals surface area contributed by atoms with Gasteiger partial charge in [-0.2, -0.15) is 0 Å². The summed E-state index contributed by atoms with van der Waals surface area (Å²) in [6.45, 7) is 2.50. The maximum Gasteiger partial charge on any atom is 0.243 e. The van der Waals surface area contributed by atoms with Crippen LogP contribution in [0.2, 0.25) is 0 Å². The van der Waals surface area contributed by atoms with Crippen molar-refractivity contribution in [3.63, 3.8) is 0 Å². The molecule has 0 saturated carbocycles. The summed E-state index contributed by atoms with van der Waals surface area (Å²) < 4.78 is 0. The lowest BCUT2D eigenvalue weighted by molar-refractivity contribution is -0.122. The molecule has 2 atom stereocenters. The molecule has 25 heavy (non-hydrogen) atoms. The third kappa shape index (κ3) is 4.24.